The first-order valence-corrected chi connectivity index (χ1v) is 9.38. The zero-order valence-corrected chi connectivity index (χ0v) is 15.2. The normalized spacial score (nSPS) is 16.1. The van der Waals surface area contributed by atoms with E-state index >= 15 is 0 Å². The summed E-state index contributed by atoms with van der Waals surface area (Å²) in [5.74, 6) is 0. The number of hydrogen-bond donors (Lipinski definition) is 1. The number of anilines is 1. The summed E-state index contributed by atoms with van der Waals surface area (Å²) in [5.41, 5.74) is 1.04. The molecule has 24 heavy (non-hydrogen) atoms. The summed E-state index contributed by atoms with van der Waals surface area (Å²) < 4.78 is 0. The van der Waals surface area contributed by atoms with E-state index < -0.39 is 0 Å². The lowest BCUT2D eigenvalue weighted by molar-refractivity contribution is 0.190. The molecule has 1 fully saturated rings. The molecule has 0 bridgehead atoms. The number of hydrogen-bond acceptors (Lipinski definition) is 4. The van der Waals surface area contributed by atoms with Gasteiger partial charge in [-0.1, -0.05) is 30.7 Å². The molecular formula is C17H21ClN4OS. The van der Waals surface area contributed by atoms with E-state index in [1.54, 1.807) is 11.3 Å². The Hall–Kier alpha value is -1.79. The second-order valence-electron chi connectivity index (χ2n) is 5.75. The van der Waals surface area contributed by atoms with Gasteiger partial charge in [-0.2, -0.15) is 0 Å². The largest absolute Gasteiger partial charge is 0.345 e. The van der Waals surface area contributed by atoms with Crippen LogP contribution in [0.2, 0.25) is 5.02 Å². The summed E-state index contributed by atoms with van der Waals surface area (Å²) in [4.78, 5) is 21.0. The van der Waals surface area contributed by atoms with Gasteiger partial charge < -0.3 is 15.1 Å². The molecule has 1 aliphatic heterocycles. The minimum atomic E-state index is -0.0202. The van der Waals surface area contributed by atoms with E-state index in [0.29, 0.717) is 18.1 Å². The van der Waals surface area contributed by atoms with Gasteiger partial charge >= 0.3 is 6.03 Å². The molecule has 1 saturated heterocycles. The van der Waals surface area contributed by atoms with Crippen molar-refractivity contribution in [3.63, 3.8) is 0 Å². The van der Waals surface area contributed by atoms with Crippen molar-refractivity contribution in [2.24, 2.45) is 0 Å². The molecule has 1 aliphatic rings. The smallest absolute Gasteiger partial charge is 0.318 e. The number of benzene rings is 1. The Balaban J connectivity index is 1.57. The highest BCUT2D eigenvalue weighted by atomic mass is 35.5. The Labute approximate surface area is 151 Å². The van der Waals surface area contributed by atoms with Crippen molar-refractivity contribution in [3.8, 4) is 0 Å². The van der Waals surface area contributed by atoms with Crippen LogP contribution in [0.5, 0.6) is 0 Å². The molecule has 2 amide bonds. The van der Waals surface area contributed by atoms with Crippen LogP contribution in [0, 0.1) is 0 Å². The van der Waals surface area contributed by atoms with Crippen molar-refractivity contribution in [3.05, 3.63) is 46.4 Å². The lowest BCUT2D eigenvalue weighted by Gasteiger charge is -2.35. The van der Waals surface area contributed by atoms with Gasteiger partial charge in [0.15, 0.2) is 5.13 Å². The molecular weight excluding hydrogens is 344 g/mol. The Morgan fingerprint density at radius 3 is 2.79 bits per heavy atom. The van der Waals surface area contributed by atoms with Crippen molar-refractivity contribution in [1.82, 2.24) is 15.2 Å². The Morgan fingerprint density at radius 1 is 1.38 bits per heavy atom. The van der Waals surface area contributed by atoms with E-state index in [2.05, 4.69) is 22.1 Å². The number of piperazine rings is 1. The van der Waals surface area contributed by atoms with E-state index in [9.17, 15) is 4.79 Å². The second kappa shape index (κ2) is 7.85. The zero-order chi connectivity index (χ0) is 16.9. The number of thiazole rings is 1. The van der Waals surface area contributed by atoms with Crippen molar-refractivity contribution in [1.29, 1.82) is 0 Å². The van der Waals surface area contributed by atoms with Crippen LogP contribution in [-0.2, 0) is 0 Å². The van der Waals surface area contributed by atoms with Crippen LogP contribution in [0.3, 0.4) is 0 Å². The SMILES string of the molecule is CC[C@H](NC(=O)N1CCN(c2nccs2)CC1)c1cccc(Cl)c1. The number of carbonyl (C=O) groups is 1. The predicted molar refractivity (Wildman–Crippen MR) is 98.9 cm³/mol. The van der Waals surface area contributed by atoms with Crippen molar-refractivity contribution in [2.45, 2.75) is 19.4 Å². The lowest BCUT2D eigenvalue weighted by atomic mass is 10.0. The van der Waals surface area contributed by atoms with Crippen molar-refractivity contribution in [2.75, 3.05) is 31.1 Å². The number of amides is 2. The molecule has 2 aromatic rings. The molecule has 0 aliphatic carbocycles. The molecule has 5 nitrogen and oxygen atoms in total. The average Bonchev–Trinajstić information content (AvgIpc) is 3.14. The maximum absolute atomic E-state index is 12.6. The molecule has 3 rings (SSSR count). The minimum absolute atomic E-state index is 0.0133. The van der Waals surface area contributed by atoms with Gasteiger partial charge in [-0.05, 0) is 24.1 Å². The fourth-order valence-electron chi connectivity index (χ4n) is 2.86. The summed E-state index contributed by atoms with van der Waals surface area (Å²) >= 11 is 7.70. The van der Waals surface area contributed by atoms with Gasteiger partial charge in [0.1, 0.15) is 0 Å². The van der Waals surface area contributed by atoms with E-state index in [1.807, 2.05) is 40.7 Å². The summed E-state index contributed by atoms with van der Waals surface area (Å²) in [7, 11) is 0. The quantitative estimate of drug-likeness (QED) is 0.898. The van der Waals surface area contributed by atoms with E-state index in [1.165, 1.54) is 0 Å². The molecule has 1 atom stereocenters. The van der Waals surface area contributed by atoms with Crippen LogP contribution < -0.4 is 10.2 Å². The van der Waals surface area contributed by atoms with Gasteiger partial charge in [0.05, 0.1) is 6.04 Å². The van der Waals surface area contributed by atoms with Crippen LogP contribution in [-0.4, -0.2) is 42.1 Å². The van der Waals surface area contributed by atoms with Crippen LogP contribution in [0.1, 0.15) is 24.9 Å². The van der Waals surface area contributed by atoms with E-state index in [0.717, 1.165) is 30.2 Å². The Morgan fingerprint density at radius 2 is 2.17 bits per heavy atom. The number of urea groups is 1. The number of carbonyl (C=O) groups excluding carboxylic acids is 1. The molecule has 1 N–H and O–H groups in total. The third-order valence-corrected chi connectivity index (χ3v) is 5.28. The van der Waals surface area contributed by atoms with Crippen molar-refractivity contribution >= 4 is 34.1 Å². The zero-order valence-electron chi connectivity index (χ0n) is 13.6. The maximum Gasteiger partial charge on any atom is 0.318 e. The Kier molecular flexibility index (Phi) is 5.58. The van der Waals surface area contributed by atoms with Crippen LogP contribution in [0.4, 0.5) is 9.93 Å². The van der Waals surface area contributed by atoms with Crippen LogP contribution in [0.25, 0.3) is 0 Å². The third-order valence-electron chi connectivity index (χ3n) is 4.21. The molecule has 0 spiro atoms. The lowest BCUT2D eigenvalue weighted by Crippen LogP contribution is -2.52. The van der Waals surface area contributed by atoms with Crippen molar-refractivity contribution < 1.29 is 4.79 Å². The first-order chi connectivity index (χ1) is 11.7. The predicted octanol–water partition coefficient (Wildman–Crippen LogP) is 3.78. The minimum Gasteiger partial charge on any atom is -0.345 e. The molecule has 0 saturated carbocycles. The summed E-state index contributed by atoms with van der Waals surface area (Å²) in [6.07, 6.45) is 2.64. The number of halogens is 1. The molecule has 128 valence electrons. The first kappa shape index (κ1) is 17.0. The van der Waals surface area contributed by atoms with Gasteiger partial charge in [-0.3, -0.25) is 0 Å². The van der Waals surface area contributed by atoms with E-state index in [-0.39, 0.29) is 12.1 Å². The molecule has 0 radical (unpaired) electrons. The number of aromatic nitrogens is 1. The van der Waals surface area contributed by atoms with Gasteiger partial charge in [-0.15, -0.1) is 11.3 Å². The fraction of sp³-hybridized carbons (Fsp3) is 0.412. The van der Waals surface area contributed by atoms with E-state index in [4.69, 9.17) is 11.6 Å². The average molecular weight is 365 g/mol. The molecule has 7 heteroatoms. The second-order valence-corrected chi connectivity index (χ2v) is 7.06. The first-order valence-electron chi connectivity index (χ1n) is 8.12. The number of nitrogens with one attached hydrogen (secondary N) is 1. The molecule has 2 heterocycles. The topological polar surface area (TPSA) is 48.5 Å². The maximum atomic E-state index is 12.6. The Bertz CT molecular complexity index is 671. The fourth-order valence-corrected chi connectivity index (χ4v) is 3.75. The molecule has 0 unspecified atom stereocenters. The van der Waals surface area contributed by atoms with Crippen LogP contribution in [0.15, 0.2) is 35.8 Å². The van der Waals surface area contributed by atoms with Gasteiger partial charge in [0.2, 0.25) is 0 Å². The summed E-state index contributed by atoms with van der Waals surface area (Å²) in [6.45, 7) is 5.10. The standard InChI is InChI=1S/C17H21ClN4OS/c1-2-15(13-4-3-5-14(18)12-13)20-16(23)21-7-9-22(10-8-21)17-19-6-11-24-17/h3-6,11-12,15H,2,7-10H2,1H3,(H,20,23)/t15-/m0/s1. The highest BCUT2D eigenvalue weighted by Gasteiger charge is 2.24. The monoisotopic (exact) mass is 364 g/mol. The number of nitrogens with zero attached hydrogens (tertiary/aromatic N) is 3. The van der Waals surface area contributed by atoms with Gasteiger partial charge in [-0.25, -0.2) is 9.78 Å². The van der Waals surface area contributed by atoms with Crippen LogP contribution >= 0.6 is 22.9 Å². The summed E-state index contributed by atoms with van der Waals surface area (Å²) in [5, 5.41) is 6.82. The summed E-state index contributed by atoms with van der Waals surface area (Å²) in [6, 6.07) is 7.64. The molecule has 1 aromatic carbocycles. The third kappa shape index (κ3) is 3.99. The van der Waals surface area contributed by atoms with Gasteiger partial charge in [0.25, 0.3) is 0 Å². The molecule has 1 aromatic heterocycles. The van der Waals surface area contributed by atoms with Gasteiger partial charge in [0, 0.05) is 42.8 Å². The highest BCUT2D eigenvalue weighted by molar-refractivity contribution is 7.13. The number of rotatable bonds is 4. The highest BCUT2D eigenvalue weighted by Crippen LogP contribution is 2.22.